The van der Waals surface area contributed by atoms with Gasteiger partial charge in [-0.2, -0.15) is 0 Å². The van der Waals surface area contributed by atoms with Crippen LogP contribution in [0.4, 0.5) is 0 Å². The minimum Gasteiger partial charge on any atom is -0.497 e. The van der Waals surface area contributed by atoms with E-state index in [1.807, 2.05) is 44.2 Å². The molecule has 3 aromatic rings. The van der Waals surface area contributed by atoms with Gasteiger partial charge in [0.15, 0.2) is 11.2 Å². The number of amides is 1. The van der Waals surface area contributed by atoms with Gasteiger partial charge < -0.3 is 14.5 Å². The highest BCUT2D eigenvalue weighted by Gasteiger charge is 2.24. The quantitative estimate of drug-likeness (QED) is 0.624. The Morgan fingerprint density at radius 1 is 1.09 bits per heavy atom. The van der Waals surface area contributed by atoms with Crippen molar-refractivity contribution >= 4 is 16.9 Å². The molecule has 0 unspecified atom stereocenters. The van der Waals surface area contributed by atoms with Crippen LogP contribution in [0.15, 0.2) is 51.7 Å². The van der Waals surface area contributed by atoms with E-state index in [4.69, 9.17) is 9.15 Å². The molecule has 0 bridgehead atoms. The van der Waals surface area contributed by atoms with Crippen LogP contribution in [0, 0.1) is 13.8 Å². The fraction of sp³-hybridized carbons (Fsp3) is 0.385. The molecule has 0 saturated carbocycles. The van der Waals surface area contributed by atoms with E-state index < -0.39 is 0 Å². The number of rotatable bonds is 6. The number of hydrogen-bond acceptors (Lipinski definition) is 5. The van der Waals surface area contributed by atoms with Crippen LogP contribution in [0.1, 0.15) is 52.5 Å². The van der Waals surface area contributed by atoms with E-state index in [1.165, 1.54) is 12.5 Å². The summed E-state index contributed by atoms with van der Waals surface area (Å²) in [5.74, 6) is 0.472. The third-order valence-electron chi connectivity index (χ3n) is 6.17. The molecule has 1 fully saturated rings. The lowest BCUT2D eigenvalue weighted by Gasteiger charge is -2.35. The van der Waals surface area contributed by atoms with Gasteiger partial charge in [-0.05, 0) is 74.7 Å². The van der Waals surface area contributed by atoms with Crippen molar-refractivity contribution in [3.8, 4) is 5.75 Å². The Morgan fingerprint density at radius 2 is 1.81 bits per heavy atom. The van der Waals surface area contributed by atoms with Crippen molar-refractivity contribution in [2.45, 2.75) is 39.2 Å². The summed E-state index contributed by atoms with van der Waals surface area (Å²) in [6.45, 7) is 6.24. The van der Waals surface area contributed by atoms with Crippen LogP contribution in [0.5, 0.6) is 5.75 Å². The zero-order valence-electron chi connectivity index (χ0n) is 18.9. The van der Waals surface area contributed by atoms with Gasteiger partial charge in [0.25, 0.3) is 5.91 Å². The number of nitrogens with zero attached hydrogens (tertiary/aromatic N) is 1. The first kappa shape index (κ1) is 22.1. The number of carbonyl (C=O) groups is 1. The third-order valence-corrected chi connectivity index (χ3v) is 6.17. The molecule has 6 nitrogen and oxygen atoms in total. The molecule has 1 aliphatic heterocycles. The Morgan fingerprint density at radius 3 is 2.50 bits per heavy atom. The minimum atomic E-state index is -0.375. The molecule has 1 saturated heterocycles. The maximum atomic E-state index is 13.0. The molecule has 2 aromatic carbocycles. The topological polar surface area (TPSA) is 71.8 Å². The molecule has 1 aliphatic rings. The molecule has 0 aliphatic carbocycles. The first-order valence-corrected chi connectivity index (χ1v) is 11.2. The summed E-state index contributed by atoms with van der Waals surface area (Å²) in [5, 5.41) is 3.50. The molecule has 4 rings (SSSR count). The minimum absolute atomic E-state index is 0.0431. The van der Waals surface area contributed by atoms with Crippen LogP contribution < -0.4 is 15.5 Å². The second kappa shape index (κ2) is 9.57. The van der Waals surface area contributed by atoms with Gasteiger partial charge in [-0.3, -0.25) is 14.5 Å². The lowest BCUT2D eigenvalue weighted by Crippen LogP contribution is -2.40. The van der Waals surface area contributed by atoms with Gasteiger partial charge in [0.2, 0.25) is 0 Å². The first-order chi connectivity index (χ1) is 15.5. The van der Waals surface area contributed by atoms with Gasteiger partial charge in [-0.15, -0.1) is 0 Å². The van der Waals surface area contributed by atoms with Gasteiger partial charge in [0, 0.05) is 12.6 Å². The second-order valence-electron chi connectivity index (χ2n) is 8.53. The number of ether oxygens (including phenoxy) is 1. The van der Waals surface area contributed by atoms with E-state index in [2.05, 4.69) is 10.2 Å². The van der Waals surface area contributed by atoms with Crippen molar-refractivity contribution in [2.24, 2.45) is 0 Å². The zero-order valence-corrected chi connectivity index (χ0v) is 18.9. The highest BCUT2D eigenvalue weighted by molar-refractivity contribution is 5.93. The average Bonchev–Trinajstić information content (AvgIpc) is 2.80. The summed E-state index contributed by atoms with van der Waals surface area (Å²) in [7, 11) is 1.65. The van der Waals surface area contributed by atoms with Gasteiger partial charge in [-0.1, -0.05) is 24.6 Å². The van der Waals surface area contributed by atoms with Gasteiger partial charge in [0.1, 0.15) is 11.3 Å². The number of nitrogens with one attached hydrogen (secondary N) is 1. The van der Waals surface area contributed by atoms with Crippen molar-refractivity contribution in [3.05, 3.63) is 75.1 Å². The van der Waals surface area contributed by atoms with Crippen LogP contribution in [0.3, 0.4) is 0 Å². The van der Waals surface area contributed by atoms with E-state index >= 15 is 0 Å². The lowest BCUT2D eigenvalue weighted by atomic mass is 10.0. The molecular weight excluding hydrogens is 404 g/mol. The van der Waals surface area contributed by atoms with Crippen molar-refractivity contribution in [3.63, 3.8) is 0 Å². The number of methoxy groups -OCH3 is 1. The number of likely N-dealkylation sites (tertiary alicyclic amines) is 1. The summed E-state index contributed by atoms with van der Waals surface area (Å²) in [6, 6.07) is 13.1. The van der Waals surface area contributed by atoms with Crippen LogP contribution >= 0.6 is 0 Å². The van der Waals surface area contributed by atoms with E-state index in [-0.39, 0.29) is 23.1 Å². The van der Waals surface area contributed by atoms with Crippen LogP contribution in [-0.2, 0) is 0 Å². The van der Waals surface area contributed by atoms with Gasteiger partial charge >= 0.3 is 0 Å². The second-order valence-corrected chi connectivity index (χ2v) is 8.53. The molecule has 2 heterocycles. The van der Waals surface area contributed by atoms with E-state index in [0.29, 0.717) is 17.5 Å². The summed E-state index contributed by atoms with van der Waals surface area (Å²) in [4.78, 5) is 28.0. The van der Waals surface area contributed by atoms with Crippen molar-refractivity contribution in [1.82, 2.24) is 10.2 Å². The molecule has 1 aromatic heterocycles. The average molecular weight is 435 g/mol. The summed E-state index contributed by atoms with van der Waals surface area (Å²) < 4.78 is 11.2. The molecule has 1 atom stereocenters. The SMILES string of the molecule is COc1ccc([C@H](CNC(=O)c2cc(=O)c3cc(C)cc(C)c3o2)N2CCCCC2)cc1. The summed E-state index contributed by atoms with van der Waals surface area (Å²) in [6.07, 6.45) is 3.54. The Hall–Kier alpha value is -3.12. The predicted octanol–water partition coefficient (Wildman–Crippen LogP) is 4.38. The highest BCUT2D eigenvalue weighted by atomic mass is 16.5. The summed E-state index contributed by atoms with van der Waals surface area (Å²) in [5.41, 5.74) is 3.22. The van der Waals surface area contributed by atoms with Crippen molar-refractivity contribution in [1.29, 1.82) is 0 Å². The van der Waals surface area contributed by atoms with Crippen molar-refractivity contribution in [2.75, 3.05) is 26.7 Å². The zero-order chi connectivity index (χ0) is 22.7. The molecule has 6 heteroatoms. The molecule has 1 amide bonds. The number of benzene rings is 2. The predicted molar refractivity (Wildman–Crippen MR) is 125 cm³/mol. The third kappa shape index (κ3) is 4.70. The number of aryl methyl sites for hydroxylation is 2. The summed E-state index contributed by atoms with van der Waals surface area (Å²) >= 11 is 0. The largest absolute Gasteiger partial charge is 0.497 e. The number of fused-ring (bicyclic) bond motifs is 1. The molecule has 0 spiro atoms. The van der Waals surface area contributed by atoms with E-state index in [0.717, 1.165) is 48.4 Å². The maximum absolute atomic E-state index is 13.0. The Kier molecular flexibility index (Phi) is 6.61. The number of hydrogen-bond donors (Lipinski definition) is 1. The fourth-order valence-electron chi connectivity index (χ4n) is 4.51. The molecule has 168 valence electrons. The fourth-order valence-corrected chi connectivity index (χ4v) is 4.51. The lowest BCUT2D eigenvalue weighted by molar-refractivity contribution is 0.0897. The molecule has 0 radical (unpaired) electrons. The van der Waals surface area contributed by atoms with E-state index in [9.17, 15) is 9.59 Å². The van der Waals surface area contributed by atoms with Crippen LogP contribution in [0.2, 0.25) is 0 Å². The van der Waals surface area contributed by atoms with Gasteiger partial charge in [0.05, 0.1) is 18.5 Å². The highest BCUT2D eigenvalue weighted by Crippen LogP contribution is 2.26. The Bertz CT molecular complexity index is 1160. The number of piperidine rings is 1. The van der Waals surface area contributed by atoms with E-state index in [1.54, 1.807) is 13.2 Å². The first-order valence-electron chi connectivity index (χ1n) is 11.2. The molecule has 1 N–H and O–H groups in total. The maximum Gasteiger partial charge on any atom is 0.287 e. The Balaban J connectivity index is 1.57. The van der Waals surface area contributed by atoms with Crippen molar-refractivity contribution < 1.29 is 13.9 Å². The normalized spacial score (nSPS) is 15.5. The monoisotopic (exact) mass is 434 g/mol. The number of carbonyl (C=O) groups excluding carboxylic acids is 1. The Labute approximate surface area is 188 Å². The standard InChI is InChI=1S/C26H30N2O4/c1-17-13-18(2)25-21(14-17)23(29)15-24(32-25)26(30)27-16-22(28-11-5-4-6-12-28)19-7-9-20(31-3)10-8-19/h7-10,13-15,22H,4-6,11-12,16H2,1-3H3,(H,27,30)/t22-/m0/s1. The molecule has 32 heavy (non-hydrogen) atoms. The van der Waals surface area contributed by atoms with Crippen LogP contribution in [0.25, 0.3) is 11.0 Å². The van der Waals surface area contributed by atoms with Gasteiger partial charge in [-0.25, -0.2) is 0 Å². The smallest absolute Gasteiger partial charge is 0.287 e. The van der Waals surface area contributed by atoms with Crippen LogP contribution in [-0.4, -0.2) is 37.6 Å². The molecular formula is C26H30N2O4.